The largest absolute Gasteiger partial charge is 0.326 e. The van der Waals surface area contributed by atoms with Gasteiger partial charge in [-0.1, -0.05) is 30.3 Å². The van der Waals surface area contributed by atoms with Gasteiger partial charge in [-0.05, 0) is 6.92 Å². The monoisotopic (exact) mass is 301 g/mol. The van der Waals surface area contributed by atoms with Gasteiger partial charge < -0.3 is 10.3 Å². The molecule has 1 heterocycles. The number of anilines is 1. The number of hydrogen-bond donors (Lipinski definition) is 3. The summed E-state index contributed by atoms with van der Waals surface area (Å²) < 4.78 is 0. The number of aryl methyl sites for hydroxylation is 1. The number of aromatic amines is 2. The maximum atomic E-state index is 11.9. The molecule has 1 amide bonds. The van der Waals surface area contributed by atoms with Crippen molar-refractivity contribution in [3.05, 3.63) is 62.4 Å². The Balaban J connectivity index is 1.98. The first kappa shape index (κ1) is 15.4. The van der Waals surface area contributed by atoms with Crippen molar-refractivity contribution in [2.24, 2.45) is 0 Å². The van der Waals surface area contributed by atoms with Gasteiger partial charge in [0, 0.05) is 24.1 Å². The maximum Gasteiger partial charge on any atom is 0.326 e. The Kier molecular flexibility index (Phi) is 4.67. The third-order valence-corrected chi connectivity index (χ3v) is 3.07. The van der Waals surface area contributed by atoms with Gasteiger partial charge in [0.15, 0.2) is 5.78 Å². The minimum absolute atomic E-state index is 0.0169. The number of nitrogens with one attached hydrogen (secondary N) is 3. The second kappa shape index (κ2) is 6.66. The Morgan fingerprint density at radius 3 is 2.36 bits per heavy atom. The van der Waals surface area contributed by atoms with Crippen molar-refractivity contribution in [3.8, 4) is 0 Å². The minimum atomic E-state index is -0.677. The second-order valence-electron chi connectivity index (χ2n) is 4.75. The molecule has 7 heteroatoms. The van der Waals surface area contributed by atoms with Crippen molar-refractivity contribution in [1.29, 1.82) is 0 Å². The predicted octanol–water partition coefficient (Wildman–Crippen LogP) is 0.973. The van der Waals surface area contributed by atoms with Crippen LogP contribution in [0, 0.1) is 6.92 Å². The second-order valence-corrected chi connectivity index (χ2v) is 4.75. The average Bonchev–Trinajstić information content (AvgIpc) is 2.49. The van der Waals surface area contributed by atoms with Gasteiger partial charge >= 0.3 is 5.69 Å². The average molecular weight is 301 g/mol. The van der Waals surface area contributed by atoms with Gasteiger partial charge in [-0.15, -0.1) is 0 Å². The maximum absolute atomic E-state index is 11.9. The number of carbonyl (C=O) groups is 2. The fourth-order valence-corrected chi connectivity index (χ4v) is 1.95. The van der Waals surface area contributed by atoms with E-state index < -0.39 is 17.2 Å². The van der Waals surface area contributed by atoms with Gasteiger partial charge in [0.25, 0.3) is 5.56 Å². The third kappa shape index (κ3) is 3.78. The summed E-state index contributed by atoms with van der Waals surface area (Å²) in [5.41, 5.74) is -0.537. The SMILES string of the molecule is Cc1[nH]c(=O)[nH]c(=O)c1NC(=O)CCC(=O)c1ccccc1. The van der Waals surface area contributed by atoms with Crippen LogP contribution in [0.25, 0.3) is 0 Å². The molecule has 22 heavy (non-hydrogen) atoms. The molecule has 2 rings (SSSR count). The molecule has 2 aromatic rings. The highest BCUT2D eigenvalue weighted by Gasteiger charge is 2.12. The van der Waals surface area contributed by atoms with Crippen LogP contribution < -0.4 is 16.6 Å². The van der Waals surface area contributed by atoms with Crippen LogP contribution in [0.3, 0.4) is 0 Å². The number of H-pyrrole nitrogens is 2. The highest BCUT2D eigenvalue weighted by Crippen LogP contribution is 2.07. The fraction of sp³-hybridized carbons (Fsp3) is 0.200. The zero-order valence-corrected chi connectivity index (χ0v) is 11.9. The van der Waals surface area contributed by atoms with E-state index >= 15 is 0 Å². The molecule has 0 radical (unpaired) electrons. The van der Waals surface area contributed by atoms with Crippen LogP contribution in [0.4, 0.5) is 5.69 Å². The van der Waals surface area contributed by atoms with Crippen LogP contribution in [0.5, 0.6) is 0 Å². The molecule has 0 aliphatic heterocycles. The van der Waals surface area contributed by atoms with E-state index in [2.05, 4.69) is 10.3 Å². The van der Waals surface area contributed by atoms with Crippen LogP contribution in [0.15, 0.2) is 39.9 Å². The highest BCUT2D eigenvalue weighted by molar-refractivity contribution is 6.00. The molecule has 0 unspecified atom stereocenters. The first-order chi connectivity index (χ1) is 10.5. The number of hydrogen-bond acceptors (Lipinski definition) is 4. The van der Waals surface area contributed by atoms with Gasteiger partial charge in [0.2, 0.25) is 5.91 Å². The molecule has 0 fully saturated rings. The van der Waals surface area contributed by atoms with E-state index in [1.54, 1.807) is 30.3 Å². The molecular weight excluding hydrogens is 286 g/mol. The highest BCUT2D eigenvalue weighted by atomic mass is 16.2. The summed E-state index contributed by atoms with van der Waals surface area (Å²) in [6.07, 6.45) is -0.0120. The van der Waals surface area contributed by atoms with E-state index in [0.717, 1.165) is 0 Å². The lowest BCUT2D eigenvalue weighted by Crippen LogP contribution is -2.28. The van der Waals surface area contributed by atoms with Crippen LogP contribution >= 0.6 is 0 Å². The molecule has 7 nitrogen and oxygen atoms in total. The van der Waals surface area contributed by atoms with Crippen molar-refractivity contribution < 1.29 is 9.59 Å². The fourth-order valence-electron chi connectivity index (χ4n) is 1.95. The first-order valence-corrected chi connectivity index (χ1v) is 6.68. The number of carbonyl (C=O) groups excluding carboxylic acids is 2. The summed E-state index contributed by atoms with van der Waals surface area (Å²) in [4.78, 5) is 50.8. The normalized spacial score (nSPS) is 10.2. The molecule has 0 aliphatic rings. The lowest BCUT2D eigenvalue weighted by molar-refractivity contribution is -0.116. The summed E-state index contributed by atoms with van der Waals surface area (Å²) >= 11 is 0. The van der Waals surface area contributed by atoms with Crippen LogP contribution in [0.1, 0.15) is 28.9 Å². The molecule has 1 aromatic heterocycles. The van der Waals surface area contributed by atoms with E-state index in [0.29, 0.717) is 5.56 Å². The Morgan fingerprint density at radius 2 is 1.73 bits per heavy atom. The van der Waals surface area contributed by atoms with E-state index in [-0.39, 0.29) is 30.0 Å². The number of ketones is 1. The van der Waals surface area contributed by atoms with Gasteiger partial charge in [0.1, 0.15) is 5.69 Å². The summed E-state index contributed by atoms with van der Waals surface area (Å²) in [7, 11) is 0. The zero-order chi connectivity index (χ0) is 16.1. The number of rotatable bonds is 5. The molecule has 0 bridgehead atoms. The molecule has 0 aliphatic carbocycles. The van der Waals surface area contributed by atoms with Gasteiger partial charge in [-0.2, -0.15) is 0 Å². The van der Waals surface area contributed by atoms with Crippen molar-refractivity contribution >= 4 is 17.4 Å². The zero-order valence-electron chi connectivity index (χ0n) is 11.9. The minimum Gasteiger partial charge on any atom is -0.320 e. The molecule has 3 N–H and O–H groups in total. The Bertz CT molecular complexity index is 806. The number of aromatic nitrogens is 2. The van der Waals surface area contributed by atoms with E-state index in [4.69, 9.17) is 0 Å². The van der Waals surface area contributed by atoms with Crippen molar-refractivity contribution in [1.82, 2.24) is 9.97 Å². The van der Waals surface area contributed by atoms with Crippen molar-refractivity contribution in [3.63, 3.8) is 0 Å². The van der Waals surface area contributed by atoms with E-state index in [1.807, 2.05) is 4.98 Å². The molecule has 114 valence electrons. The third-order valence-electron chi connectivity index (χ3n) is 3.07. The van der Waals surface area contributed by atoms with Crippen molar-refractivity contribution in [2.75, 3.05) is 5.32 Å². The lowest BCUT2D eigenvalue weighted by atomic mass is 10.1. The molecular formula is C15H15N3O4. The van der Waals surface area contributed by atoms with Crippen molar-refractivity contribution in [2.45, 2.75) is 19.8 Å². The Hall–Kier alpha value is -2.96. The van der Waals surface area contributed by atoms with Crippen LogP contribution in [-0.4, -0.2) is 21.7 Å². The van der Waals surface area contributed by atoms with Gasteiger partial charge in [-0.25, -0.2) is 4.79 Å². The van der Waals surface area contributed by atoms with Crippen LogP contribution in [-0.2, 0) is 4.79 Å². The first-order valence-electron chi connectivity index (χ1n) is 6.68. The number of benzene rings is 1. The standard InChI is InChI=1S/C15H15N3O4/c1-9-13(14(21)18-15(22)16-9)17-12(20)8-7-11(19)10-5-3-2-4-6-10/h2-6H,7-8H2,1H3,(H,17,20)(H2,16,18,21,22). The smallest absolute Gasteiger partial charge is 0.320 e. The summed E-state index contributed by atoms with van der Waals surface area (Å²) in [6, 6.07) is 8.65. The Morgan fingerprint density at radius 1 is 1.05 bits per heavy atom. The molecule has 0 saturated heterocycles. The molecule has 0 atom stereocenters. The number of amides is 1. The van der Waals surface area contributed by atoms with Crippen LogP contribution in [0.2, 0.25) is 0 Å². The predicted molar refractivity (Wildman–Crippen MR) is 81.1 cm³/mol. The van der Waals surface area contributed by atoms with Gasteiger partial charge in [0.05, 0.1) is 0 Å². The Labute approximate surface area is 125 Å². The number of Topliss-reactive ketones (excluding diaryl/α,β-unsaturated/α-hetero) is 1. The molecule has 1 aromatic carbocycles. The summed E-state index contributed by atoms with van der Waals surface area (Å²) in [5.74, 6) is -0.618. The van der Waals surface area contributed by atoms with Gasteiger partial charge in [-0.3, -0.25) is 19.4 Å². The molecule has 0 saturated carbocycles. The topological polar surface area (TPSA) is 112 Å². The quantitative estimate of drug-likeness (QED) is 0.714. The summed E-state index contributed by atoms with van der Waals surface area (Å²) in [6.45, 7) is 1.50. The molecule has 0 spiro atoms. The van der Waals surface area contributed by atoms with E-state index in [9.17, 15) is 19.2 Å². The summed E-state index contributed by atoms with van der Waals surface area (Å²) in [5, 5.41) is 2.41. The van der Waals surface area contributed by atoms with E-state index in [1.165, 1.54) is 6.92 Å². The lowest BCUT2D eigenvalue weighted by Gasteiger charge is -2.06.